The van der Waals surface area contributed by atoms with Gasteiger partial charge < -0.3 is 19.9 Å². The summed E-state index contributed by atoms with van der Waals surface area (Å²) in [6.07, 6.45) is 1.55. The summed E-state index contributed by atoms with van der Waals surface area (Å²) in [4.78, 5) is 4.49. The molecule has 0 spiro atoms. The molecule has 0 aliphatic carbocycles. The largest absolute Gasteiger partial charge is 0.376 e. The van der Waals surface area contributed by atoms with Crippen LogP contribution in [0.5, 0.6) is 0 Å². The number of hydrogen-bond acceptors (Lipinski definition) is 4. The van der Waals surface area contributed by atoms with Crippen LogP contribution in [0.25, 0.3) is 0 Å². The third kappa shape index (κ3) is 8.87. The minimum atomic E-state index is 0. The van der Waals surface area contributed by atoms with Gasteiger partial charge in [0.05, 0.1) is 19.8 Å². The first kappa shape index (κ1) is 21.4. The molecule has 1 aromatic carbocycles. The first-order valence-corrected chi connectivity index (χ1v) is 8.31. The molecule has 2 rings (SSSR count). The lowest BCUT2D eigenvalue weighted by Gasteiger charge is -2.16. The van der Waals surface area contributed by atoms with Crippen molar-refractivity contribution in [2.45, 2.75) is 27.0 Å². The van der Waals surface area contributed by atoms with Crippen LogP contribution >= 0.6 is 24.0 Å². The molecule has 6 nitrogen and oxygen atoms in total. The highest BCUT2D eigenvalue weighted by Crippen LogP contribution is 2.03. The van der Waals surface area contributed by atoms with Crippen molar-refractivity contribution in [3.8, 4) is 0 Å². The van der Waals surface area contributed by atoms with E-state index < -0.39 is 0 Å². The second kappa shape index (κ2) is 12.7. The number of halogens is 1. The molecule has 0 aliphatic heterocycles. The zero-order valence-electron chi connectivity index (χ0n) is 14.8. The summed E-state index contributed by atoms with van der Waals surface area (Å²) >= 11 is 0. The maximum Gasteiger partial charge on any atom is 0.191 e. The average molecular weight is 458 g/mol. The number of nitrogens with one attached hydrogen (secondary N) is 2. The predicted octanol–water partition coefficient (Wildman–Crippen LogP) is 3.20. The van der Waals surface area contributed by atoms with Crippen LogP contribution in [0, 0.1) is 5.92 Å². The van der Waals surface area contributed by atoms with Crippen LogP contribution in [0.2, 0.25) is 0 Å². The van der Waals surface area contributed by atoms with E-state index in [0.29, 0.717) is 25.7 Å². The first-order valence-electron chi connectivity index (χ1n) is 8.31. The normalized spacial score (nSPS) is 12.3. The molecule has 0 aliphatic rings. The van der Waals surface area contributed by atoms with Crippen LogP contribution in [0.3, 0.4) is 0 Å². The van der Waals surface area contributed by atoms with Gasteiger partial charge in [-0.05, 0) is 18.4 Å². The van der Waals surface area contributed by atoms with Crippen LogP contribution in [0.4, 0.5) is 0 Å². The fraction of sp³-hybridized carbons (Fsp3) is 0.444. The Morgan fingerprint density at radius 3 is 2.72 bits per heavy atom. The quantitative estimate of drug-likeness (QED) is 0.343. The van der Waals surface area contributed by atoms with E-state index in [4.69, 9.17) is 9.26 Å². The Labute approximate surface area is 166 Å². The molecule has 1 unspecified atom stereocenters. The Bertz CT molecular complexity index is 590. The summed E-state index contributed by atoms with van der Waals surface area (Å²) in [7, 11) is 0. The third-order valence-electron chi connectivity index (χ3n) is 3.37. The Morgan fingerprint density at radius 2 is 2.04 bits per heavy atom. The smallest absolute Gasteiger partial charge is 0.191 e. The van der Waals surface area contributed by atoms with Crippen LogP contribution in [0.15, 0.2) is 52.2 Å². The minimum absolute atomic E-state index is 0. The van der Waals surface area contributed by atoms with Crippen molar-refractivity contribution in [2.75, 3.05) is 19.7 Å². The number of guanidine groups is 1. The standard InChI is InChI=1S/C18H26N4O2.HI/c1-3-19-18(21-12-17-9-10-24-22-17)20-11-15(2)13-23-14-16-7-5-4-6-8-16;/h4-10,15H,3,11-14H2,1-2H3,(H2,19,20,21);1H. The van der Waals surface area contributed by atoms with Gasteiger partial charge in [-0.25, -0.2) is 4.99 Å². The van der Waals surface area contributed by atoms with Gasteiger partial charge in [0.25, 0.3) is 0 Å². The van der Waals surface area contributed by atoms with Gasteiger partial charge in [0.15, 0.2) is 5.96 Å². The molecule has 1 atom stereocenters. The Hall–Kier alpha value is -1.61. The van der Waals surface area contributed by atoms with Gasteiger partial charge in [-0.1, -0.05) is 42.4 Å². The fourth-order valence-electron chi connectivity index (χ4n) is 2.10. The first-order chi connectivity index (χ1) is 11.8. The summed E-state index contributed by atoms with van der Waals surface area (Å²) in [6.45, 7) is 7.63. The predicted molar refractivity (Wildman–Crippen MR) is 110 cm³/mol. The molecule has 0 saturated carbocycles. The van der Waals surface area contributed by atoms with Gasteiger partial charge in [0.2, 0.25) is 0 Å². The lowest BCUT2D eigenvalue weighted by atomic mass is 10.2. The molecule has 1 aromatic heterocycles. The van der Waals surface area contributed by atoms with Crippen LogP contribution in [-0.4, -0.2) is 30.8 Å². The van der Waals surface area contributed by atoms with Crippen molar-refractivity contribution in [1.82, 2.24) is 15.8 Å². The molecule has 1 heterocycles. The van der Waals surface area contributed by atoms with Crippen molar-refractivity contribution in [3.63, 3.8) is 0 Å². The molecule has 0 amide bonds. The van der Waals surface area contributed by atoms with E-state index in [1.54, 1.807) is 6.26 Å². The second-order valence-electron chi connectivity index (χ2n) is 5.67. The zero-order chi connectivity index (χ0) is 17.0. The van der Waals surface area contributed by atoms with Crippen molar-refractivity contribution >= 4 is 29.9 Å². The average Bonchev–Trinajstić information content (AvgIpc) is 3.12. The van der Waals surface area contributed by atoms with E-state index in [1.807, 2.05) is 31.2 Å². The highest BCUT2D eigenvalue weighted by Gasteiger charge is 2.05. The Morgan fingerprint density at radius 1 is 1.24 bits per heavy atom. The van der Waals surface area contributed by atoms with E-state index in [-0.39, 0.29) is 24.0 Å². The number of benzene rings is 1. The Kier molecular flexibility index (Phi) is 10.9. The molecule has 2 N–H and O–H groups in total. The third-order valence-corrected chi connectivity index (χ3v) is 3.37. The molecular formula is C18H27IN4O2. The van der Waals surface area contributed by atoms with Gasteiger partial charge >= 0.3 is 0 Å². The van der Waals surface area contributed by atoms with Gasteiger partial charge in [0, 0.05) is 19.2 Å². The lowest BCUT2D eigenvalue weighted by molar-refractivity contribution is 0.0931. The number of rotatable bonds is 9. The van der Waals surface area contributed by atoms with Crippen molar-refractivity contribution < 1.29 is 9.26 Å². The van der Waals surface area contributed by atoms with Gasteiger partial charge in [0.1, 0.15) is 12.0 Å². The van der Waals surface area contributed by atoms with Crippen molar-refractivity contribution in [2.24, 2.45) is 10.9 Å². The van der Waals surface area contributed by atoms with E-state index >= 15 is 0 Å². The van der Waals surface area contributed by atoms with Gasteiger partial charge in [-0.15, -0.1) is 24.0 Å². The van der Waals surface area contributed by atoms with Crippen LogP contribution in [0.1, 0.15) is 25.1 Å². The summed E-state index contributed by atoms with van der Waals surface area (Å²) in [5.41, 5.74) is 2.01. The van der Waals surface area contributed by atoms with E-state index in [2.05, 4.69) is 39.8 Å². The number of nitrogens with zero attached hydrogens (tertiary/aromatic N) is 2. The van der Waals surface area contributed by atoms with E-state index in [9.17, 15) is 0 Å². The molecule has 0 bridgehead atoms. The fourth-order valence-corrected chi connectivity index (χ4v) is 2.10. The maximum absolute atomic E-state index is 5.77. The molecular weight excluding hydrogens is 431 g/mol. The maximum atomic E-state index is 5.77. The highest BCUT2D eigenvalue weighted by molar-refractivity contribution is 14.0. The van der Waals surface area contributed by atoms with E-state index in [0.717, 1.165) is 24.7 Å². The highest BCUT2D eigenvalue weighted by atomic mass is 127. The molecule has 25 heavy (non-hydrogen) atoms. The summed E-state index contributed by atoms with van der Waals surface area (Å²) in [5.74, 6) is 1.15. The van der Waals surface area contributed by atoms with Gasteiger partial charge in [-0.3, -0.25) is 0 Å². The molecule has 0 saturated heterocycles. The minimum Gasteiger partial charge on any atom is -0.376 e. The molecule has 0 radical (unpaired) electrons. The monoisotopic (exact) mass is 458 g/mol. The summed E-state index contributed by atoms with van der Waals surface area (Å²) in [6, 6.07) is 12.0. The summed E-state index contributed by atoms with van der Waals surface area (Å²) in [5, 5.41) is 10.4. The summed E-state index contributed by atoms with van der Waals surface area (Å²) < 4.78 is 10.6. The lowest BCUT2D eigenvalue weighted by Crippen LogP contribution is -2.40. The SMILES string of the molecule is CCNC(=NCc1ccon1)NCC(C)COCc1ccccc1.I. The topological polar surface area (TPSA) is 71.7 Å². The van der Waals surface area contributed by atoms with Crippen molar-refractivity contribution in [1.29, 1.82) is 0 Å². The molecule has 2 aromatic rings. The number of aromatic nitrogens is 1. The van der Waals surface area contributed by atoms with E-state index in [1.165, 1.54) is 5.56 Å². The second-order valence-corrected chi connectivity index (χ2v) is 5.67. The molecule has 7 heteroatoms. The Balaban J connectivity index is 0.00000312. The number of hydrogen-bond donors (Lipinski definition) is 2. The van der Waals surface area contributed by atoms with Crippen LogP contribution < -0.4 is 10.6 Å². The van der Waals surface area contributed by atoms with Crippen LogP contribution in [-0.2, 0) is 17.9 Å². The zero-order valence-corrected chi connectivity index (χ0v) is 17.1. The number of ether oxygens (including phenoxy) is 1. The number of aliphatic imine (C=N–C) groups is 1. The molecule has 138 valence electrons. The molecule has 0 fully saturated rings. The van der Waals surface area contributed by atoms with Gasteiger partial charge in [-0.2, -0.15) is 0 Å². The van der Waals surface area contributed by atoms with Crippen molar-refractivity contribution in [3.05, 3.63) is 53.9 Å².